The summed E-state index contributed by atoms with van der Waals surface area (Å²) in [5.41, 5.74) is -0.156. The number of halogens is 2. The zero-order valence-electron chi connectivity index (χ0n) is 21.0. The van der Waals surface area contributed by atoms with Crippen LogP contribution in [0.5, 0.6) is 11.5 Å². The van der Waals surface area contributed by atoms with E-state index in [-0.39, 0.29) is 62.2 Å². The Labute approximate surface area is 256 Å². The van der Waals surface area contributed by atoms with Crippen LogP contribution in [0.1, 0.15) is 22.8 Å². The van der Waals surface area contributed by atoms with Crippen LogP contribution in [-0.2, 0) is 10.1 Å². The van der Waals surface area contributed by atoms with Crippen LogP contribution in [0.15, 0.2) is 75.8 Å². The van der Waals surface area contributed by atoms with Crippen molar-refractivity contribution in [2.45, 2.75) is 18.7 Å². The van der Waals surface area contributed by atoms with Crippen LogP contribution < -0.4 is 44.7 Å². The predicted octanol–water partition coefficient (Wildman–Crippen LogP) is 3.85. The Bertz CT molecular complexity index is 1710. The Morgan fingerprint density at radius 3 is 2.44 bits per heavy atom. The first-order chi connectivity index (χ1) is 18.0. The monoisotopic (exact) mass is 595 g/mol. The van der Waals surface area contributed by atoms with E-state index in [0.29, 0.717) is 28.7 Å². The molecule has 0 fully saturated rings. The Hall–Kier alpha value is -2.70. The number of nitrogens with zero attached hydrogens (tertiary/aromatic N) is 2. The summed E-state index contributed by atoms with van der Waals surface area (Å²) in [6.07, 6.45) is 0. The fraction of sp³-hybridized carbons (Fsp3) is 0.115. The Kier molecular flexibility index (Phi) is 10.0. The van der Waals surface area contributed by atoms with E-state index >= 15 is 0 Å². The molecule has 0 aliphatic rings. The van der Waals surface area contributed by atoms with Gasteiger partial charge >= 0.3 is 29.6 Å². The number of aryl methyl sites for hydroxylation is 1. The maximum absolute atomic E-state index is 13.5. The summed E-state index contributed by atoms with van der Waals surface area (Å²) < 4.78 is 39.0. The van der Waals surface area contributed by atoms with Crippen LogP contribution in [0, 0.1) is 6.92 Å². The molecule has 0 bridgehead atoms. The minimum Gasteiger partial charge on any atom is -0.870 e. The summed E-state index contributed by atoms with van der Waals surface area (Å²) in [5, 5.41) is 25.3. The number of carbonyl (C=O) groups is 1. The molecule has 0 saturated carbocycles. The Balaban J connectivity index is 0.00000420. The third-order valence-corrected chi connectivity index (χ3v) is 6.89. The van der Waals surface area contributed by atoms with E-state index in [1.807, 2.05) is 0 Å². The second-order valence-corrected chi connectivity index (χ2v) is 10.3. The van der Waals surface area contributed by atoms with Crippen molar-refractivity contribution in [3.63, 3.8) is 0 Å². The zero-order chi connectivity index (χ0) is 27.6. The van der Waals surface area contributed by atoms with Crippen LogP contribution in [-0.4, -0.2) is 25.5 Å². The molecule has 0 unspecified atom stereocenters. The first-order valence-electron chi connectivity index (χ1n) is 11.2. The molecule has 39 heavy (non-hydrogen) atoms. The molecule has 0 heterocycles. The summed E-state index contributed by atoms with van der Waals surface area (Å²) in [6.45, 7) is 3.62. The Morgan fingerprint density at radius 1 is 1.05 bits per heavy atom. The SMILES string of the molecule is CCOc1cccc(Cl)c1NC(=O)c1cc2ccccc2c(N=Nc2c(C)cc(Cl)cc2S(=O)(=O)O)c1[O-].[Na+]. The largest absolute Gasteiger partial charge is 1.00 e. The molecular weight excluding hydrogens is 576 g/mol. The van der Waals surface area contributed by atoms with Crippen molar-refractivity contribution in [1.82, 2.24) is 0 Å². The average Bonchev–Trinajstić information content (AvgIpc) is 2.85. The summed E-state index contributed by atoms with van der Waals surface area (Å²) in [4.78, 5) is 12.7. The number of nitrogens with one attached hydrogen (secondary N) is 1. The van der Waals surface area contributed by atoms with Gasteiger partial charge in [0.1, 0.15) is 22.0 Å². The van der Waals surface area contributed by atoms with Gasteiger partial charge in [-0.2, -0.15) is 13.5 Å². The van der Waals surface area contributed by atoms with Gasteiger partial charge < -0.3 is 15.2 Å². The number of anilines is 1. The van der Waals surface area contributed by atoms with Gasteiger partial charge in [-0.05, 0) is 55.1 Å². The first kappa shape index (κ1) is 30.8. The van der Waals surface area contributed by atoms with Crippen molar-refractivity contribution in [3.8, 4) is 11.5 Å². The van der Waals surface area contributed by atoms with Crippen LogP contribution in [0.25, 0.3) is 10.8 Å². The van der Waals surface area contributed by atoms with Crippen LogP contribution in [0.2, 0.25) is 10.0 Å². The maximum atomic E-state index is 13.5. The fourth-order valence-electron chi connectivity index (χ4n) is 3.79. The van der Waals surface area contributed by atoms with Gasteiger partial charge in [0.15, 0.2) is 0 Å². The number of carbonyl (C=O) groups excluding carboxylic acids is 1. The van der Waals surface area contributed by atoms with Crippen molar-refractivity contribution in [2.24, 2.45) is 10.2 Å². The van der Waals surface area contributed by atoms with E-state index in [1.165, 1.54) is 19.1 Å². The molecule has 0 saturated heterocycles. The summed E-state index contributed by atoms with van der Waals surface area (Å²) in [5.74, 6) is -1.18. The van der Waals surface area contributed by atoms with E-state index in [9.17, 15) is 22.9 Å². The second kappa shape index (κ2) is 12.6. The molecule has 4 aromatic rings. The number of azo groups is 1. The standard InChI is InChI=1S/C26H21Cl2N3O6S.Na/c1-3-37-20-10-6-9-19(28)24(20)29-26(33)18-12-15-7-4-5-8-17(15)23(25(18)32)31-30-22-14(2)11-16(27)13-21(22)38(34,35)36;/h4-13,32H,3H2,1-2H3,(H,29,33)(H,34,35,36);/q;+1/p-1. The van der Waals surface area contributed by atoms with E-state index in [4.69, 9.17) is 27.9 Å². The minimum atomic E-state index is -4.71. The number of para-hydroxylation sites is 1. The molecule has 0 radical (unpaired) electrons. The number of rotatable bonds is 7. The van der Waals surface area contributed by atoms with E-state index in [0.717, 1.165) is 6.07 Å². The van der Waals surface area contributed by atoms with Crippen molar-refractivity contribution >= 4 is 67.1 Å². The molecule has 0 aliphatic carbocycles. The van der Waals surface area contributed by atoms with Gasteiger partial charge in [0.05, 0.1) is 17.3 Å². The molecule has 13 heteroatoms. The summed E-state index contributed by atoms with van der Waals surface area (Å²) >= 11 is 12.2. The molecule has 0 aliphatic heterocycles. The number of amides is 1. The second-order valence-electron chi connectivity index (χ2n) is 8.07. The van der Waals surface area contributed by atoms with Gasteiger partial charge in [-0.3, -0.25) is 9.35 Å². The number of hydrogen-bond acceptors (Lipinski definition) is 7. The Morgan fingerprint density at radius 2 is 1.74 bits per heavy atom. The van der Waals surface area contributed by atoms with Crippen LogP contribution >= 0.6 is 23.2 Å². The van der Waals surface area contributed by atoms with Gasteiger partial charge in [-0.25, -0.2) is 0 Å². The van der Waals surface area contributed by atoms with Crippen molar-refractivity contribution in [3.05, 3.63) is 81.8 Å². The molecule has 196 valence electrons. The van der Waals surface area contributed by atoms with Crippen LogP contribution in [0.4, 0.5) is 17.1 Å². The molecule has 1 amide bonds. The van der Waals surface area contributed by atoms with Gasteiger partial charge in [-0.15, -0.1) is 5.11 Å². The number of ether oxygens (including phenoxy) is 1. The fourth-order valence-corrected chi connectivity index (χ4v) is 5.06. The molecule has 4 aromatic carbocycles. The molecule has 0 atom stereocenters. The number of fused-ring (bicyclic) bond motifs is 1. The van der Waals surface area contributed by atoms with Gasteiger partial charge in [0, 0.05) is 16.0 Å². The normalized spacial score (nSPS) is 11.4. The van der Waals surface area contributed by atoms with Crippen LogP contribution in [0.3, 0.4) is 0 Å². The smallest absolute Gasteiger partial charge is 0.870 e. The molecule has 0 aromatic heterocycles. The van der Waals surface area contributed by atoms with E-state index in [1.54, 1.807) is 49.4 Å². The molecule has 0 spiro atoms. The summed E-state index contributed by atoms with van der Waals surface area (Å²) in [7, 11) is -4.71. The summed E-state index contributed by atoms with van der Waals surface area (Å²) in [6, 6.07) is 15.4. The van der Waals surface area contributed by atoms with E-state index in [2.05, 4.69) is 15.5 Å². The minimum absolute atomic E-state index is 0. The quantitative estimate of drug-likeness (QED) is 0.189. The van der Waals surface area contributed by atoms with E-state index < -0.39 is 26.7 Å². The molecule has 9 nitrogen and oxygen atoms in total. The topological polar surface area (TPSA) is 140 Å². The van der Waals surface area contributed by atoms with Crippen molar-refractivity contribution in [2.75, 3.05) is 11.9 Å². The third kappa shape index (κ3) is 6.72. The van der Waals surface area contributed by atoms with Crippen molar-refractivity contribution in [1.29, 1.82) is 0 Å². The predicted molar refractivity (Wildman–Crippen MR) is 144 cm³/mol. The number of hydrogen-bond donors (Lipinski definition) is 2. The zero-order valence-corrected chi connectivity index (χ0v) is 25.4. The van der Waals surface area contributed by atoms with Gasteiger partial charge in [0.25, 0.3) is 16.0 Å². The molecule has 2 N–H and O–H groups in total. The maximum Gasteiger partial charge on any atom is 1.00 e. The average molecular weight is 596 g/mol. The van der Waals surface area contributed by atoms with Gasteiger partial charge in [-0.1, -0.05) is 59.3 Å². The first-order valence-corrected chi connectivity index (χ1v) is 13.4. The van der Waals surface area contributed by atoms with Crippen molar-refractivity contribution < 1.29 is 57.2 Å². The number of benzene rings is 4. The third-order valence-electron chi connectivity index (χ3n) is 5.49. The van der Waals surface area contributed by atoms with Gasteiger partial charge in [0.2, 0.25) is 0 Å². The molecule has 4 rings (SSSR count). The molecular formula is C26H20Cl2N3NaO6S.